The summed E-state index contributed by atoms with van der Waals surface area (Å²) in [6, 6.07) is 4.45. The Bertz CT molecular complexity index is 474. The fourth-order valence-corrected chi connectivity index (χ4v) is 1.23. The standard InChI is InChI=1S/C11H9NO4/c1-15-10-4-7(5-12)8(6-13)3-9(10)11(14)16-2/h3-4,6H,1-2H3. The molecule has 0 N–H and O–H groups in total. The van der Waals surface area contributed by atoms with Gasteiger partial charge in [-0.1, -0.05) is 0 Å². The summed E-state index contributed by atoms with van der Waals surface area (Å²) in [5, 5.41) is 8.78. The van der Waals surface area contributed by atoms with Gasteiger partial charge < -0.3 is 9.47 Å². The molecule has 0 fully saturated rings. The van der Waals surface area contributed by atoms with E-state index in [0.717, 1.165) is 0 Å². The number of carbonyl (C=O) groups excluding carboxylic acids is 2. The van der Waals surface area contributed by atoms with E-state index >= 15 is 0 Å². The molecule has 0 saturated heterocycles. The van der Waals surface area contributed by atoms with Crippen molar-refractivity contribution in [2.75, 3.05) is 14.2 Å². The number of methoxy groups -OCH3 is 2. The van der Waals surface area contributed by atoms with Crippen LogP contribution in [0.25, 0.3) is 0 Å². The van der Waals surface area contributed by atoms with Gasteiger partial charge in [0.25, 0.3) is 0 Å². The highest BCUT2D eigenvalue weighted by atomic mass is 16.5. The number of rotatable bonds is 3. The number of nitriles is 1. The minimum Gasteiger partial charge on any atom is -0.496 e. The van der Waals surface area contributed by atoms with Crippen LogP contribution >= 0.6 is 0 Å². The topological polar surface area (TPSA) is 76.4 Å². The maximum Gasteiger partial charge on any atom is 0.341 e. The summed E-state index contributed by atoms with van der Waals surface area (Å²) in [6.07, 6.45) is 0.504. The van der Waals surface area contributed by atoms with E-state index in [2.05, 4.69) is 4.74 Å². The molecule has 1 aromatic rings. The number of benzene rings is 1. The van der Waals surface area contributed by atoms with E-state index in [1.807, 2.05) is 6.07 Å². The third kappa shape index (κ3) is 2.01. The monoisotopic (exact) mass is 219 g/mol. The van der Waals surface area contributed by atoms with Gasteiger partial charge >= 0.3 is 5.97 Å². The van der Waals surface area contributed by atoms with Crippen LogP contribution in [0.4, 0.5) is 0 Å². The van der Waals surface area contributed by atoms with E-state index in [1.54, 1.807) is 0 Å². The zero-order valence-electron chi connectivity index (χ0n) is 8.81. The second kappa shape index (κ2) is 4.94. The molecule has 0 aliphatic rings. The molecule has 0 heterocycles. The largest absolute Gasteiger partial charge is 0.496 e. The molecule has 5 heteroatoms. The number of ether oxygens (including phenoxy) is 2. The van der Waals surface area contributed by atoms with Crippen molar-refractivity contribution in [3.63, 3.8) is 0 Å². The predicted octanol–water partition coefficient (Wildman–Crippen LogP) is 1.17. The van der Waals surface area contributed by atoms with Gasteiger partial charge in [0.05, 0.1) is 19.8 Å². The quantitative estimate of drug-likeness (QED) is 0.563. The van der Waals surface area contributed by atoms with Crippen LogP contribution in [-0.4, -0.2) is 26.5 Å². The summed E-state index contributed by atoms with van der Waals surface area (Å²) in [7, 11) is 2.59. The fraction of sp³-hybridized carbons (Fsp3) is 0.182. The summed E-state index contributed by atoms with van der Waals surface area (Å²) < 4.78 is 9.48. The highest BCUT2D eigenvalue weighted by molar-refractivity contribution is 5.95. The molecule has 82 valence electrons. The van der Waals surface area contributed by atoms with E-state index in [1.165, 1.54) is 26.4 Å². The van der Waals surface area contributed by atoms with E-state index in [9.17, 15) is 9.59 Å². The lowest BCUT2D eigenvalue weighted by molar-refractivity contribution is 0.0597. The lowest BCUT2D eigenvalue weighted by atomic mass is 10.0. The van der Waals surface area contributed by atoms with Crippen LogP contribution in [0.3, 0.4) is 0 Å². The Morgan fingerprint density at radius 3 is 2.56 bits per heavy atom. The van der Waals surface area contributed by atoms with Crippen molar-refractivity contribution in [3.8, 4) is 11.8 Å². The molecule has 0 aliphatic heterocycles. The van der Waals surface area contributed by atoms with Crippen molar-refractivity contribution in [1.29, 1.82) is 5.26 Å². The number of carbonyl (C=O) groups is 2. The van der Waals surface area contributed by atoms with Gasteiger partial charge in [0.1, 0.15) is 17.4 Å². The van der Waals surface area contributed by atoms with E-state index in [-0.39, 0.29) is 22.4 Å². The first-order chi connectivity index (χ1) is 7.67. The van der Waals surface area contributed by atoms with Gasteiger partial charge in [-0.05, 0) is 12.1 Å². The third-order valence-corrected chi connectivity index (χ3v) is 2.02. The Morgan fingerprint density at radius 1 is 1.44 bits per heavy atom. The van der Waals surface area contributed by atoms with Gasteiger partial charge in [-0.15, -0.1) is 0 Å². The van der Waals surface area contributed by atoms with E-state index < -0.39 is 5.97 Å². The van der Waals surface area contributed by atoms with Gasteiger partial charge in [-0.25, -0.2) is 4.79 Å². The SMILES string of the molecule is COC(=O)c1cc(C=O)c(C#N)cc1OC. The van der Waals surface area contributed by atoms with Crippen LogP contribution in [0.5, 0.6) is 5.75 Å². The molecule has 0 bridgehead atoms. The molecule has 0 amide bonds. The van der Waals surface area contributed by atoms with Crippen molar-refractivity contribution in [2.45, 2.75) is 0 Å². The highest BCUT2D eigenvalue weighted by Gasteiger charge is 2.16. The summed E-state index contributed by atoms with van der Waals surface area (Å²) >= 11 is 0. The lowest BCUT2D eigenvalue weighted by Crippen LogP contribution is -2.06. The maximum absolute atomic E-state index is 11.4. The number of nitrogens with zero attached hydrogens (tertiary/aromatic N) is 1. The van der Waals surface area contributed by atoms with Crippen LogP contribution in [0.1, 0.15) is 26.3 Å². The molecule has 16 heavy (non-hydrogen) atoms. The van der Waals surface area contributed by atoms with Crippen molar-refractivity contribution < 1.29 is 19.1 Å². The second-order valence-electron chi connectivity index (χ2n) is 2.86. The van der Waals surface area contributed by atoms with Crippen molar-refractivity contribution in [2.24, 2.45) is 0 Å². The molecule has 0 saturated carbocycles. The molecule has 0 unspecified atom stereocenters. The molecular weight excluding hydrogens is 210 g/mol. The Kier molecular flexibility index (Phi) is 3.62. The van der Waals surface area contributed by atoms with Crippen LogP contribution in [0, 0.1) is 11.3 Å². The van der Waals surface area contributed by atoms with Crippen LogP contribution in [0.15, 0.2) is 12.1 Å². The average Bonchev–Trinajstić information content (AvgIpc) is 2.35. The van der Waals surface area contributed by atoms with Crippen molar-refractivity contribution in [3.05, 3.63) is 28.8 Å². The molecule has 5 nitrogen and oxygen atoms in total. The summed E-state index contributed by atoms with van der Waals surface area (Å²) in [5.41, 5.74) is 0.398. The minimum atomic E-state index is -0.621. The number of aldehydes is 1. The van der Waals surface area contributed by atoms with Crippen LogP contribution in [-0.2, 0) is 4.74 Å². The van der Waals surface area contributed by atoms with E-state index in [0.29, 0.717) is 6.29 Å². The fourth-order valence-electron chi connectivity index (χ4n) is 1.23. The van der Waals surface area contributed by atoms with E-state index in [4.69, 9.17) is 10.00 Å². The van der Waals surface area contributed by atoms with Crippen molar-refractivity contribution in [1.82, 2.24) is 0 Å². The number of hydrogen-bond acceptors (Lipinski definition) is 5. The molecule has 0 radical (unpaired) electrons. The molecule has 1 rings (SSSR count). The summed E-state index contributed by atoms with van der Waals surface area (Å²) in [4.78, 5) is 22.1. The summed E-state index contributed by atoms with van der Waals surface area (Å²) in [6.45, 7) is 0. The Labute approximate surface area is 92.2 Å². The van der Waals surface area contributed by atoms with Gasteiger partial charge in [-0.3, -0.25) is 4.79 Å². The smallest absolute Gasteiger partial charge is 0.341 e. The highest BCUT2D eigenvalue weighted by Crippen LogP contribution is 2.23. The molecular formula is C11H9NO4. The molecule has 0 spiro atoms. The lowest BCUT2D eigenvalue weighted by Gasteiger charge is -2.08. The minimum absolute atomic E-state index is 0.117. The second-order valence-corrected chi connectivity index (χ2v) is 2.86. The third-order valence-electron chi connectivity index (χ3n) is 2.02. The molecule has 0 aliphatic carbocycles. The van der Waals surface area contributed by atoms with Gasteiger partial charge in [0.15, 0.2) is 6.29 Å². The molecule has 0 aromatic heterocycles. The zero-order valence-corrected chi connectivity index (χ0v) is 8.81. The zero-order chi connectivity index (χ0) is 12.1. The summed E-state index contributed by atoms with van der Waals surface area (Å²) in [5.74, 6) is -0.418. The Morgan fingerprint density at radius 2 is 2.12 bits per heavy atom. The normalized spacial score (nSPS) is 9.06. The predicted molar refractivity (Wildman–Crippen MR) is 54.4 cm³/mol. The Hall–Kier alpha value is -2.35. The van der Waals surface area contributed by atoms with Crippen LogP contribution < -0.4 is 4.74 Å². The Balaban J connectivity index is 3.44. The first kappa shape index (κ1) is 11.7. The first-order valence-electron chi connectivity index (χ1n) is 4.33. The maximum atomic E-state index is 11.4. The van der Waals surface area contributed by atoms with Crippen molar-refractivity contribution >= 4 is 12.3 Å². The number of hydrogen-bond donors (Lipinski definition) is 0. The van der Waals surface area contributed by atoms with Gasteiger partial charge in [0.2, 0.25) is 0 Å². The number of esters is 1. The molecule has 1 aromatic carbocycles. The van der Waals surface area contributed by atoms with Gasteiger partial charge in [-0.2, -0.15) is 5.26 Å². The van der Waals surface area contributed by atoms with Gasteiger partial charge in [0, 0.05) is 5.56 Å². The molecule has 0 atom stereocenters. The van der Waals surface area contributed by atoms with Crippen LogP contribution in [0.2, 0.25) is 0 Å². The average molecular weight is 219 g/mol. The first-order valence-corrected chi connectivity index (χ1v) is 4.33.